The Morgan fingerprint density at radius 1 is 1.11 bits per heavy atom. The highest BCUT2D eigenvalue weighted by Gasteiger charge is 2.38. The van der Waals surface area contributed by atoms with Crippen LogP contribution in [0.1, 0.15) is 49.1 Å². The minimum absolute atomic E-state index is 0.114. The highest BCUT2D eigenvalue weighted by molar-refractivity contribution is 7.15. The van der Waals surface area contributed by atoms with E-state index in [0.717, 1.165) is 30.7 Å². The standard InChI is InChI=1S/C21H26N4O2S/c26-19-13-16(14-25(19)17-9-5-2-6-10-17)20(27)22-21-24-23-18(28-21)12-11-15-7-3-1-4-8-15/h1,3-4,7-8,16-17H,2,5-6,9-14H2,(H,22,24,27)/t16-/m0/s1. The Bertz CT molecular complexity index is 817. The fraction of sp³-hybridized carbons (Fsp3) is 0.524. The summed E-state index contributed by atoms with van der Waals surface area (Å²) < 4.78 is 0. The van der Waals surface area contributed by atoms with Crippen LogP contribution in [0.5, 0.6) is 0 Å². The Balaban J connectivity index is 1.29. The van der Waals surface area contributed by atoms with E-state index in [1.807, 2.05) is 23.1 Å². The number of nitrogens with zero attached hydrogens (tertiary/aromatic N) is 3. The summed E-state index contributed by atoms with van der Waals surface area (Å²) in [5.41, 5.74) is 1.26. The smallest absolute Gasteiger partial charge is 0.231 e. The van der Waals surface area contributed by atoms with E-state index >= 15 is 0 Å². The predicted octanol–water partition coefficient (Wildman–Crippen LogP) is 3.44. The SMILES string of the molecule is O=C(Nc1nnc(CCc2ccccc2)s1)[C@H]1CC(=O)N(C2CCCCC2)C1. The van der Waals surface area contributed by atoms with Gasteiger partial charge in [0.05, 0.1) is 5.92 Å². The molecule has 1 atom stereocenters. The Hall–Kier alpha value is -2.28. The normalized spacial score (nSPS) is 20.5. The van der Waals surface area contributed by atoms with Crippen LogP contribution < -0.4 is 5.32 Å². The molecule has 6 nitrogen and oxygen atoms in total. The lowest BCUT2D eigenvalue weighted by Gasteiger charge is -2.31. The van der Waals surface area contributed by atoms with Gasteiger partial charge >= 0.3 is 0 Å². The molecule has 1 aromatic heterocycles. The number of aromatic nitrogens is 2. The predicted molar refractivity (Wildman–Crippen MR) is 109 cm³/mol. The second-order valence-corrected chi connectivity index (χ2v) is 8.78. The molecule has 0 radical (unpaired) electrons. The molecule has 4 rings (SSSR count). The largest absolute Gasteiger partial charge is 0.339 e. The minimum Gasteiger partial charge on any atom is -0.339 e. The number of carbonyl (C=O) groups is 2. The number of benzene rings is 1. The summed E-state index contributed by atoms with van der Waals surface area (Å²) in [7, 11) is 0. The minimum atomic E-state index is -0.286. The molecule has 1 aliphatic carbocycles. The zero-order valence-corrected chi connectivity index (χ0v) is 16.8. The molecule has 1 saturated heterocycles. The van der Waals surface area contributed by atoms with E-state index < -0.39 is 0 Å². The maximum Gasteiger partial charge on any atom is 0.231 e. The van der Waals surface area contributed by atoms with Gasteiger partial charge in [-0.25, -0.2) is 0 Å². The molecule has 2 amide bonds. The zero-order valence-electron chi connectivity index (χ0n) is 16.0. The van der Waals surface area contributed by atoms with Crippen LogP contribution in [0.2, 0.25) is 0 Å². The van der Waals surface area contributed by atoms with Crippen molar-refractivity contribution in [1.82, 2.24) is 15.1 Å². The van der Waals surface area contributed by atoms with Crippen molar-refractivity contribution in [3.63, 3.8) is 0 Å². The molecule has 2 aliphatic rings. The fourth-order valence-electron chi connectivity index (χ4n) is 4.16. The average molecular weight is 399 g/mol. The van der Waals surface area contributed by atoms with Crippen molar-refractivity contribution in [2.45, 2.75) is 57.4 Å². The van der Waals surface area contributed by atoms with Crippen molar-refractivity contribution in [2.75, 3.05) is 11.9 Å². The fourth-order valence-corrected chi connectivity index (χ4v) is 4.90. The number of likely N-dealkylation sites (tertiary alicyclic amines) is 1. The molecule has 1 aromatic carbocycles. The second-order valence-electron chi connectivity index (χ2n) is 7.71. The molecule has 28 heavy (non-hydrogen) atoms. The summed E-state index contributed by atoms with van der Waals surface area (Å²) in [5.74, 6) is -0.281. The quantitative estimate of drug-likeness (QED) is 0.809. The topological polar surface area (TPSA) is 75.2 Å². The van der Waals surface area contributed by atoms with Crippen LogP contribution in [0.15, 0.2) is 30.3 Å². The highest BCUT2D eigenvalue weighted by Crippen LogP contribution is 2.29. The zero-order chi connectivity index (χ0) is 19.3. The van der Waals surface area contributed by atoms with Crippen LogP contribution in [0.25, 0.3) is 0 Å². The lowest BCUT2D eigenvalue weighted by Crippen LogP contribution is -2.38. The molecule has 0 unspecified atom stereocenters. The van der Waals surface area contributed by atoms with Gasteiger partial charge in [-0.2, -0.15) is 0 Å². The summed E-state index contributed by atoms with van der Waals surface area (Å²) in [6.07, 6.45) is 7.77. The van der Waals surface area contributed by atoms with E-state index in [9.17, 15) is 9.59 Å². The van der Waals surface area contributed by atoms with Crippen LogP contribution in [-0.4, -0.2) is 39.5 Å². The molecule has 2 fully saturated rings. The molecule has 7 heteroatoms. The molecular weight excluding hydrogens is 372 g/mol. The third-order valence-corrected chi connectivity index (χ3v) is 6.61. The third kappa shape index (κ3) is 4.58. The van der Waals surface area contributed by atoms with Gasteiger partial charge in [0.15, 0.2) is 0 Å². The number of rotatable bonds is 6. The first-order valence-electron chi connectivity index (χ1n) is 10.2. The van der Waals surface area contributed by atoms with Crippen molar-refractivity contribution < 1.29 is 9.59 Å². The van der Waals surface area contributed by atoms with E-state index in [0.29, 0.717) is 24.1 Å². The monoisotopic (exact) mass is 398 g/mol. The first-order valence-corrected chi connectivity index (χ1v) is 11.0. The van der Waals surface area contributed by atoms with Gasteiger partial charge in [-0.15, -0.1) is 10.2 Å². The highest BCUT2D eigenvalue weighted by atomic mass is 32.1. The van der Waals surface area contributed by atoms with Crippen LogP contribution in [-0.2, 0) is 22.4 Å². The van der Waals surface area contributed by atoms with Gasteiger partial charge in [-0.1, -0.05) is 60.9 Å². The Morgan fingerprint density at radius 3 is 2.68 bits per heavy atom. The number of carbonyl (C=O) groups excluding carboxylic acids is 2. The summed E-state index contributed by atoms with van der Waals surface area (Å²) >= 11 is 1.42. The first kappa shape index (κ1) is 19.1. The molecule has 0 bridgehead atoms. The van der Waals surface area contributed by atoms with Gasteiger partial charge in [-0.3, -0.25) is 9.59 Å². The van der Waals surface area contributed by atoms with Crippen LogP contribution in [0.3, 0.4) is 0 Å². The molecule has 2 aromatic rings. The summed E-state index contributed by atoms with van der Waals surface area (Å²) in [6.45, 7) is 0.537. The summed E-state index contributed by atoms with van der Waals surface area (Å²) in [4.78, 5) is 27.0. The molecule has 0 spiro atoms. The molecule has 1 aliphatic heterocycles. The van der Waals surface area contributed by atoms with Crippen LogP contribution in [0, 0.1) is 5.92 Å². The van der Waals surface area contributed by atoms with Crippen molar-refractivity contribution in [3.8, 4) is 0 Å². The maximum atomic E-state index is 12.6. The number of hydrogen-bond donors (Lipinski definition) is 1. The van der Waals surface area contributed by atoms with E-state index in [-0.39, 0.29) is 17.7 Å². The van der Waals surface area contributed by atoms with E-state index in [1.54, 1.807) is 0 Å². The van der Waals surface area contributed by atoms with Gasteiger partial charge in [0.1, 0.15) is 5.01 Å². The van der Waals surface area contributed by atoms with E-state index in [2.05, 4.69) is 27.6 Å². The van der Waals surface area contributed by atoms with E-state index in [4.69, 9.17) is 0 Å². The Kier molecular flexibility index (Phi) is 6.00. The van der Waals surface area contributed by atoms with Gasteiger partial charge in [-0.05, 0) is 24.8 Å². The maximum absolute atomic E-state index is 12.6. The Morgan fingerprint density at radius 2 is 1.89 bits per heavy atom. The van der Waals surface area contributed by atoms with Gasteiger partial charge in [0.25, 0.3) is 0 Å². The summed E-state index contributed by atoms with van der Waals surface area (Å²) in [5, 5.41) is 12.6. The number of aryl methyl sites for hydroxylation is 2. The average Bonchev–Trinajstić information content (AvgIpc) is 3.34. The third-order valence-electron chi connectivity index (χ3n) is 5.71. The number of hydrogen-bond acceptors (Lipinski definition) is 5. The van der Waals surface area contributed by atoms with Crippen LogP contribution >= 0.6 is 11.3 Å². The van der Waals surface area contributed by atoms with E-state index in [1.165, 1.54) is 36.2 Å². The number of amides is 2. The van der Waals surface area contributed by atoms with Crippen molar-refractivity contribution in [1.29, 1.82) is 0 Å². The second kappa shape index (κ2) is 8.82. The Labute approximate surface area is 169 Å². The molecule has 2 heterocycles. The van der Waals surface area contributed by atoms with Gasteiger partial charge in [0.2, 0.25) is 16.9 Å². The van der Waals surface area contributed by atoms with Crippen molar-refractivity contribution in [3.05, 3.63) is 40.9 Å². The number of anilines is 1. The molecular formula is C21H26N4O2S. The lowest BCUT2D eigenvalue weighted by atomic mass is 9.94. The molecule has 1 N–H and O–H groups in total. The van der Waals surface area contributed by atoms with Gasteiger partial charge in [0, 0.05) is 25.4 Å². The van der Waals surface area contributed by atoms with Crippen LogP contribution in [0.4, 0.5) is 5.13 Å². The first-order chi connectivity index (χ1) is 13.7. The van der Waals surface area contributed by atoms with Crippen molar-refractivity contribution >= 4 is 28.3 Å². The number of nitrogens with one attached hydrogen (secondary N) is 1. The lowest BCUT2D eigenvalue weighted by molar-refractivity contribution is -0.130. The molecule has 1 saturated carbocycles. The summed E-state index contributed by atoms with van der Waals surface area (Å²) in [6, 6.07) is 10.6. The van der Waals surface area contributed by atoms with Crippen molar-refractivity contribution in [2.24, 2.45) is 5.92 Å². The molecule has 148 valence electrons. The van der Waals surface area contributed by atoms with Gasteiger partial charge < -0.3 is 10.2 Å².